The Balaban J connectivity index is 1.35. The molecule has 202 valence electrons. The van der Waals surface area contributed by atoms with Gasteiger partial charge in [-0.3, -0.25) is 9.71 Å². The van der Waals surface area contributed by atoms with Crippen LogP contribution in [0.15, 0.2) is 67.1 Å². The lowest BCUT2D eigenvalue weighted by Crippen LogP contribution is -2.38. The Morgan fingerprint density at radius 3 is 2.64 bits per heavy atom. The molecule has 13 heteroatoms. The van der Waals surface area contributed by atoms with Crippen LogP contribution < -0.4 is 20.1 Å². The maximum Gasteiger partial charge on any atom is 0.238 e. The van der Waals surface area contributed by atoms with E-state index in [-0.39, 0.29) is 17.6 Å². The van der Waals surface area contributed by atoms with E-state index in [4.69, 9.17) is 4.74 Å². The van der Waals surface area contributed by atoms with Crippen LogP contribution in [0.25, 0.3) is 11.3 Å². The van der Waals surface area contributed by atoms with Crippen molar-refractivity contribution < 1.29 is 21.9 Å². The van der Waals surface area contributed by atoms with Gasteiger partial charge in [-0.25, -0.2) is 27.8 Å². The first-order valence-corrected chi connectivity index (χ1v) is 13.8. The highest BCUT2D eigenvalue weighted by molar-refractivity contribution is 7.91. The zero-order valence-corrected chi connectivity index (χ0v) is 21.5. The van der Waals surface area contributed by atoms with Gasteiger partial charge >= 0.3 is 0 Å². The molecular formula is C26H25F2N7O3S. The van der Waals surface area contributed by atoms with Crippen molar-refractivity contribution in [3.63, 3.8) is 0 Å². The highest BCUT2D eigenvalue weighted by Crippen LogP contribution is 2.34. The lowest BCUT2D eigenvalue weighted by molar-refractivity contribution is 0.407. The number of halogens is 2. The summed E-state index contributed by atoms with van der Waals surface area (Å²) >= 11 is 0. The second-order valence-electron chi connectivity index (χ2n) is 8.83. The van der Waals surface area contributed by atoms with Crippen LogP contribution in [0.3, 0.4) is 0 Å². The molecule has 1 atom stereocenters. The van der Waals surface area contributed by atoms with Crippen molar-refractivity contribution in [1.29, 1.82) is 0 Å². The minimum atomic E-state index is -4.05. The summed E-state index contributed by atoms with van der Waals surface area (Å²) in [5.74, 6) is -3.35. The van der Waals surface area contributed by atoms with Crippen molar-refractivity contribution in [2.75, 3.05) is 23.1 Å². The third kappa shape index (κ3) is 6.62. The standard InChI is InChI=1S/C26H25F2N7O3S/c27-23-21(35-39(36,37)16-18-5-1-2-12-30-18)8-9-22(24(23)28)38-25-19(7-4-13-31-25)20-10-14-32-26(34-20)33-17-6-3-11-29-15-17/h1-2,4-5,7-10,12-14,17,29,35H,3,6,11,15-16H2,(H,32,33,34). The molecule has 4 heterocycles. The van der Waals surface area contributed by atoms with Gasteiger partial charge in [-0.1, -0.05) is 6.07 Å². The molecule has 1 aliphatic rings. The van der Waals surface area contributed by atoms with Crippen LogP contribution in [0.1, 0.15) is 18.5 Å². The van der Waals surface area contributed by atoms with Gasteiger partial charge in [-0.05, 0) is 61.9 Å². The van der Waals surface area contributed by atoms with Crippen LogP contribution in [-0.2, 0) is 15.8 Å². The fourth-order valence-corrected chi connectivity index (χ4v) is 5.20. The zero-order chi connectivity index (χ0) is 27.2. The molecule has 0 saturated carbocycles. The molecule has 5 rings (SSSR count). The average molecular weight is 554 g/mol. The van der Waals surface area contributed by atoms with E-state index in [0.717, 1.165) is 38.1 Å². The van der Waals surface area contributed by atoms with Crippen molar-refractivity contribution >= 4 is 21.7 Å². The molecular weight excluding hydrogens is 528 g/mol. The fraction of sp³-hybridized carbons (Fsp3) is 0.231. The maximum absolute atomic E-state index is 15.0. The van der Waals surface area contributed by atoms with Crippen molar-refractivity contribution in [3.8, 4) is 22.9 Å². The van der Waals surface area contributed by atoms with Crippen molar-refractivity contribution in [2.45, 2.75) is 24.6 Å². The van der Waals surface area contributed by atoms with Gasteiger partial charge in [0.2, 0.25) is 27.7 Å². The van der Waals surface area contributed by atoms with E-state index in [9.17, 15) is 17.2 Å². The number of hydrogen-bond acceptors (Lipinski definition) is 9. The molecule has 0 bridgehead atoms. The van der Waals surface area contributed by atoms with Crippen LogP contribution in [0.4, 0.5) is 20.4 Å². The second-order valence-corrected chi connectivity index (χ2v) is 10.6. The summed E-state index contributed by atoms with van der Waals surface area (Å²) in [4.78, 5) is 17.0. The fourth-order valence-electron chi connectivity index (χ4n) is 4.08. The average Bonchev–Trinajstić information content (AvgIpc) is 2.94. The Kier molecular flexibility index (Phi) is 7.89. The molecule has 1 fully saturated rings. The van der Waals surface area contributed by atoms with Crippen molar-refractivity contribution in [1.82, 2.24) is 25.3 Å². The molecule has 1 unspecified atom stereocenters. The van der Waals surface area contributed by atoms with Gasteiger partial charge in [0, 0.05) is 31.2 Å². The summed E-state index contributed by atoms with van der Waals surface area (Å²) in [5.41, 5.74) is 0.608. The summed E-state index contributed by atoms with van der Waals surface area (Å²) in [5, 5.41) is 6.62. The lowest BCUT2D eigenvalue weighted by Gasteiger charge is -2.23. The monoisotopic (exact) mass is 553 g/mol. The van der Waals surface area contributed by atoms with Crippen molar-refractivity contribution in [3.05, 3.63) is 84.4 Å². The van der Waals surface area contributed by atoms with Gasteiger partial charge in [0.25, 0.3) is 0 Å². The van der Waals surface area contributed by atoms with E-state index in [2.05, 4.69) is 35.3 Å². The van der Waals surface area contributed by atoms with E-state index in [1.165, 1.54) is 18.5 Å². The molecule has 0 amide bonds. The van der Waals surface area contributed by atoms with Crippen LogP contribution >= 0.6 is 0 Å². The molecule has 4 aromatic rings. The van der Waals surface area contributed by atoms with Crippen molar-refractivity contribution in [2.24, 2.45) is 0 Å². The van der Waals surface area contributed by atoms with E-state index in [1.54, 1.807) is 36.5 Å². The number of aromatic nitrogens is 4. The molecule has 3 aromatic heterocycles. The number of piperidine rings is 1. The van der Waals surface area contributed by atoms with Gasteiger partial charge in [0.05, 0.1) is 22.6 Å². The molecule has 10 nitrogen and oxygen atoms in total. The highest BCUT2D eigenvalue weighted by Gasteiger charge is 2.22. The Morgan fingerprint density at radius 2 is 1.85 bits per heavy atom. The molecule has 0 aliphatic carbocycles. The number of rotatable bonds is 9. The summed E-state index contributed by atoms with van der Waals surface area (Å²) in [7, 11) is -4.05. The topological polar surface area (TPSA) is 131 Å². The number of pyridine rings is 2. The molecule has 0 spiro atoms. The zero-order valence-electron chi connectivity index (χ0n) is 20.6. The molecule has 1 saturated heterocycles. The van der Waals surface area contributed by atoms with Gasteiger partial charge < -0.3 is 15.4 Å². The van der Waals surface area contributed by atoms with Crippen LogP contribution in [0.5, 0.6) is 11.6 Å². The van der Waals surface area contributed by atoms with E-state index < -0.39 is 38.8 Å². The van der Waals surface area contributed by atoms with E-state index in [1.807, 2.05) is 0 Å². The molecule has 3 N–H and O–H groups in total. The molecule has 0 radical (unpaired) electrons. The first kappa shape index (κ1) is 26.4. The number of nitrogens with zero attached hydrogens (tertiary/aromatic N) is 4. The highest BCUT2D eigenvalue weighted by atomic mass is 32.2. The van der Waals surface area contributed by atoms with E-state index >= 15 is 0 Å². The Hall–Kier alpha value is -4.23. The number of benzene rings is 1. The summed E-state index contributed by atoms with van der Waals surface area (Å²) in [6.45, 7) is 1.78. The number of ether oxygens (including phenoxy) is 1. The summed E-state index contributed by atoms with van der Waals surface area (Å²) in [6, 6.07) is 12.2. The number of sulfonamides is 1. The quantitative estimate of drug-likeness (QED) is 0.280. The SMILES string of the molecule is O=S(=O)(Cc1ccccn1)Nc1ccc(Oc2ncccc2-c2ccnc(NC3CCCNC3)n2)c(F)c1F. The molecule has 1 aliphatic heterocycles. The minimum Gasteiger partial charge on any atom is -0.435 e. The molecule has 39 heavy (non-hydrogen) atoms. The number of anilines is 2. The summed E-state index contributed by atoms with van der Waals surface area (Å²) < 4.78 is 62.5. The van der Waals surface area contributed by atoms with E-state index in [0.29, 0.717) is 17.2 Å². The van der Waals surface area contributed by atoms with Crippen LogP contribution in [0, 0.1) is 11.6 Å². The lowest BCUT2D eigenvalue weighted by atomic mass is 10.1. The second kappa shape index (κ2) is 11.7. The first-order valence-electron chi connectivity index (χ1n) is 12.2. The molecule has 1 aromatic carbocycles. The Morgan fingerprint density at radius 1 is 0.974 bits per heavy atom. The van der Waals surface area contributed by atoms with Gasteiger partial charge in [0.1, 0.15) is 5.75 Å². The maximum atomic E-state index is 15.0. The van der Waals surface area contributed by atoms with Gasteiger partial charge in [-0.15, -0.1) is 0 Å². The number of hydrogen-bond donors (Lipinski definition) is 3. The Labute approximate surface area is 224 Å². The predicted octanol–water partition coefficient (Wildman–Crippen LogP) is 4.11. The smallest absolute Gasteiger partial charge is 0.238 e. The third-order valence-corrected chi connectivity index (χ3v) is 7.12. The third-order valence-electron chi connectivity index (χ3n) is 5.92. The van der Waals surface area contributed by atoms with Gasteiger partial charge in [0.15, 0.2) is 11.6 Å². The minimum absolute atomic E-state index is 0.0109. The normalized spacial score (nSPS) is 15.5. The van der Waals surface area contributed by atoms with Crippen LogP contribution in [0.2, 0.25) is 0 Å². The Bertz CT molecular complexity index is 1550. The largest absolute Gasteiger partial charge is 0.435 e. The summed E-state index contributed by atoms with van der Waals surface area (Å²) in [6.07, 6.45) is 6.51. The first-order chi connectivity index (χ1) is 18.9. The number of nitrogens with one attached hydrogen (secondary N) is 3. The van der Waals surface area contributed by atoms with Gasteiger partial charge in [-0.2, -0.15) is 4.39 Å². The predicted molar refractivity (Wildman–Crippen MR) is 142 cm³/mol. The van der Waals surface area contributed by atoms with Crippen LogP contribution in [-0.4, -0.2) is 47.5 Å².